The third-order valence-corrected chi connectivity index (χ3v) is 3.04. The summed E-state index contributed by atoms with van der Waals surface area (Å²) in [7, 11) is 0. The zero-order valence-corrected chi connectivity index (χ0v) is 13.3. The summed E-state index contributed by atoms with van der Waals surface area (Å²) in [5, 5.41) is 0. The van der Waals surface area contributed by atoms with Crippen molar-refractivity contribution in [3.05, 3.63) is 0 Å². The molecule has 0 saturated carbocycles. The molecule has 0 bridgehead atoms. The smallest absolute Gasteiger partial charge is 0.306 e. The quantitative estimate of drug-likeness (QED) is 0.457. The topological polar surface area (TPSA) is 52.6 Å². The lowest BCUT2D eigenvalue weighted by atomic mass is 10.2. The standard InChI is InChI=1S/C14H26O4S/c1-11(2)9-17-13(15)5-7-19-8-6-14(16)18-10-12(3)4/h11-12H,5-10H2,1-4H3. The molecule has 0 fully saturated rings. The molecule has 5 heteroatoms. The van der Waals surface area contributed by atoms with Crippen LogP contribution in [0.4, 0.5) is 0 Å². The lowest BCUT2D eigenvalue weighted by Crippen LogP contribution is -2.11. The second kappa shape index (κ2) is 11.1. The number of hydrogen-bond acceptors (Lipinski definition) is 5. The van der Waals surface area contributed by atoms with Gasteiger partial charge in [-0.1, -0.05) is 27.7 Å². The van der Waals surface area contributed by atoms with Crippen LogP contribution in [0.3, 0.4) is 0 Å². The third-order valence-electron chi connectivity index (χ3n) is 2.06. The molecule has 0 saturated heterocycles. The van der Waals surface area contributed by atoms with Crippen molar-refractivity contribution in [1.29, 1.82) is 0 Å². The van der Waals surface area contributed by atoms with Crippen LogP contribution in [0.5, 0.6) is 0 Å². The number of carbonyl (C=O) groups excluding carboxylic acids is 2. The maximum absolute atomic E-state index is 11.3. The van der Waals surface area contributed by atoms with E-state index in [2.05, 4.69) is 0 Å². The molecule has 0 unspecified atom stereocenters. The van der Waals surface area contributed by atoms with Crippen molar-refractivity contribution in [2.24, 2.45) is 11.8 Å². The van der Waals surface area contributed by atoms with E-state index in [9.17, 15) is 9.59 Å². The van der Waals surface area contributed by atoms with Gasteiger partial charge in [-0.25, -0.2) is 0 Å². The van der Waals surface area contributed by atoms with E-state index in [1.807, 2.05) is 27.7 Å². The predicted octanol–water partition coefficient (Wildman–Crippen LogP) is 2.90. The molecule has 0 atom stereocenters. The van der Waals surface area contributed by atoms with Gasteiger partial charge in [0.2, 0.25) is 0 Å². The first-order valence-corrected chi connectivity index (χ1v) is 7.96. The van der Waals surface area contributed by atoms with Crippen LogP contribution in [0.1, 0.15) is 40.5 Å². The van der Waals surface area contributed by atoms with Crippen LogP contribution >= 0.6 is 11.8 Å². The Hall–Kier alpha value is -0.710. The molecule has 0 aliphatic carbocycles. The molecule has 0 radical (unpaired) electrons. The minimum absolute atomic E-state index is 0.163. The van der Waals surface area contributed by atoms with Crippen LogP contribution in [0.15, 0.2) is 0 Å². The summed E-state index contributed by atoms with van der Waals surface area (Å²) in [6, 6.07) is 0. The SMILES string of the molecule is CC(C)COC(=O)CCSCCC(=O)OCC(C)C. The fourth-order valence-electron chi connectivity index (χ4n) is 1.08. The Morgan fingerprint density at radius 3 is 1.53 bits per heavy atom. The molecule has 0 aromatic heterocycles. The van der Waals surface area contributed by atoms with Crippen LogP contribution < -0.4 is 0 Å². The Bertz CT molecular complexity index is 238. The normalized spacial score (nSPS) is 10.8. The maximum Gasteiger partial charge on any atom is 0.306 e. The summed E-state index contributed by atoms with van der Waals surface area (Å²) < 4.78 is 10.1. The zero-order chi connectivity index (χ0) is 14.7. The highest BCUT2D eigenvalue weighted by Crippen LogP contribution is 2.07. The van der Waals surface area contributed by atoms with Crippen molar-refractivity contribution in [2.75, 3.05) is 24.7 Å². The second-order valence-corrected chi connectivity index (χ2v) is 6.49. The molecule has 112 valence electrons. The number of thioether (sulfide) groups is 1. The van der Waals surface area contributed by atoms with E-state index in [1.165, 1.54) is 0 Å². The molecular weight excluding hydrogens is 264 g/mol. The van der Waals surface area contributed by atoms with Crippen molar-refractivity contribution in [2.45, 2.75) is 40.5 Å². The van der Waals surface area contributed by atoms with Crippen molar-refractivity contribution < 1.29 is 19.1 Å². The Morgan fingerprint density at radius 2 is 1.21 bits per heavy atom. The van der Waals surface area contributed by atoms with Crippen molar-refractivity contribution in [3.63, 3.8) is 0 Å². The van der Waals surface area contributed by atoms with Gasteiger partial charge in [0, 0.05) is 11.5 Å². The summed E-state index contributed by atoms with van der Waals surface area (Å²) in [6.07, 6.45) is 0.802. The molecule has 0 aliphatic rings. The van der Waals surface area contributed by atoms with E-state index in [0.717, 1.165) is 0 Å². The van der Waals surface area contributed by atoms with E-state index >= 15 is 0 Å². The Morgan fingerprint density at radius 1 is 0.842 bits per heavy atom. The number of carbonyl (C=O) groups is 2. The van der Waals surface area contributed by atoms with Gasteiger partial charge in [-0.05, 0) is 11.8 Å². The Balaban J connectivity index is 3.39. The van der Waals surface area contributed by atoms with Crippen molar-refractivity contribution in [1.82, 2.24) is 0 Å². The summed E-state index contributed by atoms with van der Waals surface area (Å²) in [4.78, 5) is 22.6. The lowest BCUT2D eigenvalue weighted by Gasteiger charge is -2.07. The average Bonchev–Trinajstić information content (AvgIpc) is 2.33. The molecule has 0 heterocycles. The molecule has 0 rings (SSSR count). The van der Waals surface area contributed by atoms with Crippen LogP contribution in [0.25, 0.3) is 0 Å². The van der Waals surface area contributed by atoms with E-state index in [-0.39, 0.29) is 11.9 Å². The zero-order valence-electron chi connectivity index (χ0n) is 12.4. The largest absolute Gasteiger partial charge is 0.465 e. The minimum Gasteiger partial charge on any atom is -0.465 e. The maximum atomic E-state index is 11.3. The number of rotatable bonds is 10. The molecule has 0 spiro atoms. The molecule has 4 nitrogen and oxygen atoms in total. The summed E-state index contributed by atoms with van der Waals surface area (Å²) in [6.45, 7) is 8.97. The first-order valence-electron chi connectivity index (χ1n) is 6.80. The fourth-order valence-corrected chi connectivity index (χ4v) is 1.90. The third kappa shape index (κ3) is 13.5. The minimum atomic E-state index is -0.163. The molecule has 0 aromatic rings. The van der Waals surface area contributed by atoms with Crippen LogP contribution in [0.2, 0.25) is 0 Å². The average molecular weight is 290 g/mol. The number of esters is 2. The summed E-state index contributed by atoms with van der Waals surface area (Å²) in [5.41, 5.74) is 0. The lowest BCUT2D eigenvalue weighted by molar-refractivity contribution is -0.144. The van der Waals surface area contributed by atoms with Gasteiger partial charge in [-0.3, -0.25) is 9.59 Å². The van der Waals surface area contributed by atoms with Crippen LogP contribution in [0, 0.1) is 11.8 Å². The Kier molecular flexibility index (Phi) is 10.7. The van der Waals surface area contributed by atoms with Gasteiger partial charge in [0.15, 0.2) is 0 Å². The highest BCUT2D eigenvalue weighted by atomic mass is 32.2. The highest BCUT2D eigenvalue weighted by molar-refractivity contribution is 7.99. The van der Waals surface area contributed by atoms with Gasteiger partial charge in [-0.15, -0.1) is 0 Å². The van der Waals surface area contributed by atoms with Gasteiger partial charge in [0.05, 0.1) is 26.1 Å². The van der Waals surface area contributed by atoms with Gasteiger partial charge in [0.1, 0.15) is 0 Å². The molecule has 0 amide bonds. The van der Waals surface area contributed by atoms with Crippen LogP contribution in [-0.2, 0) is 19.1 Å². The van der Waals surface area contributed by atoms with E-state index in [0.29, 0.717) is 49.4 Å². The van der Waals surface area contributed by atoms with E-state index < -0.39 is 0 Å². The molecule has 0 aliphatic heterocycles. The summed E-state index contributed by atoms with van der Waals surface area (Å²) >= 11 is 1.58. The fraction of sp³-hybridized carbons (Fsp3) is 0.857. The first-order chi connectivity index (χ1) is 8.91. The summed E-state index contributed by atoms with van der Waals surface area (Å²) in [5.74, 6) is 1.79. The molecule has 0 N–H and O–H groups in total. The van der Waals surface area contributed by atoms with Crippen LogP contribution in [-0.4, -0.2) is 36.7 Å². The molecule has 0 aromatic carbocycles. The van der Waals surface area contributed by atoms with Gasteiger partial charge in [0.25, 0.3) is 0 Å². The van der Waals surface area contributed by atoms with Crippen molar-refractivity contribution >= 4 is 23.7 Å². The van der Waals surface area contributed by atoms with Gasteiger partial charge in [-0.2, -0.15) is 11.8 Å². The van der Waals surface area contributed by atoms with Gasteiger partial charge < -0.3 is 9.47 Å². The monoisotopic (exact) mass is 290 g/mol. The molecule has 19 heavy (non-hydrogen) atoms. The molecular formula is C14H26O4S. The van der Waals surface area contributed by atoms with E-state index in [1.54, 1.807) is 11.8 Å². The highest BCUT2D eigenvalue weighted by Gasteiger charge is 2.06. The first kappa shape index (κ1) is 18.3. The second-order valence-electron chi connectivity index (χ2n) is 5.27. The Labute approximate surface area is 120 Å². The van der Waals surface area contributed by atoms with Crippen molar-refractivity contribution in [3.8, 4) is 0 Å². The van der Waals surface area contributed by atoms with Gasteiger partial charge >= 0.3 is 11.9 Å². The number of ether oxygens (including phenoxy) is 2. The van der Waals surface area contributed by atoms with E-state index in [4.69, 9.17) is 9.47 Å². The predicted molar refractivity (Wildman–Crippen MR) is 78.2 cm³/mol. The number of hydrogen-bond donors (Lipinski definition) is 0.